The molecule has 3 rings (SSSR count). The van der Waals surface area contributed by atoms with Crippen molar-refractivity contribution >= 4 is 5.91 Å². The molecule has 1 aliphatic rings. The molecule has 0 radical (unpaired) electrons. The molecule has 0 aliphatic carbocycles. The Labute approximate surface area is 176 Å². The van der Waals surface area contributed by atoms with Crippen LogP contribution in [0.25, 0.3) is 0 Å². The lowest BCUT2D eigenvalue weighted by Gasteiger charge is -2.21. The van der Waals surface area contributed by atoms with E-state index in [1.165, 1.54) is 30.9 Å². The van der Waals surface area contributed by atoms with Gasteiger partial charge in [-0.05, 0) is 49.4 Å². The Balaban J connectivity index is 1.47. The van der Waals surface area contributed by atoms with Crippen LogP contribution in [0.4, 0.5) is 8.78 Å². The zero-order valence-electron chi connectivity index (χ0n) is 17.3. The fourth-order valence-corrected chi connectivity index (χ4v) is 3.96. The number of rotatable bonds is 9. The summed E-state index contributed by atoms with van der Waals surface area (Å²) < 4.78 is 34.3. The zero-order chi connectivity index (χ0) is 21.5. The van der Waals surface area contributed by atoms with Crippen molar-refractivity contribution < 1.29 is 23.0 Å². The number of nitrogens with zero attached hydrogens (tertiary/aromatic N) is 1. The molecule has 1 heterocycles. The van der Waals surface area contributed by atoms with Crippen LogP contribution in [-0.4, -0.2) is 43.7 Å². The number of carbonyl (C=O) groups is 1. The average Bonchev–Trinajstić information content (AvgIpc) is 3.07. The van der Waals surface area contributed by atoms with Crippen LogP contribution in [0.15, 0.2) is 48.5 Å². The lowest BCUT2D eigenvalue weighted by atomic mass is 10.0. The largest absolute Gasteiger partial charge is 0.493 e. The number of hydrogen-bond donors (Lipinski definition) is 1. The first-order valence-electron chi connectivity index (χ1n) is 10.1. The maximum Gasteiger partial charge on any atom is 0.387 e. The second kappa shape index (κ2) is 10.4. The van der Waals surface area contributed by atoms with Gasteiger partial charge in [0.15, 0.2) is 11.5 Å². The quantitative estimate of drug-likeness (QED) is 0.659. The van der Waals surface area contributed by atoms with Gasteiger partial charge in [-0.2, -0.15) is 8.78 Å². The summed E-state index contributed by atoms with van der Waals surface area (Å²) in [6.45, 7) is 1.81. The van der Waals surface area contributed by atoms with E-state index < -0.39 is 6.61 Å². The minimum atomic E-state index is -2.95. The highest BCUT2D eigenvalue weighted by Gasteiger charge is 2.28. The molecule has 1 saturated heterocycles. The molecule has 2 aromatic rings. The maximum atomic E-state index is 12.4. The molecule has 1 aliphatic heterocycles. The van der Waals surface area contributed by atoms with E-state index in [4.69, 9.17) is 4.74 Å². The number of halogens is 2. The summed E-state index contributed by atoms with van der Waals surface area (Å²) >= 11 is 0. The van der Waals surface area contributed by atoms with E-state index in [0.29, 0.717) is 24.1 Å². The molecule has 2 aromatic carbocycles. The number of methoxy groups -OCH3 is 1. The van der Waals surface area contributed by atoms with Crippen LogP contribution < -0.4 is 14.8 Å². The smallest absolute Gasteiger partial charge is 0.387 e. The Hall–Kier alpha value is -2.67. The molecule has 162 valence electrons. The summed E-state index contributed by atoms with van der Waals surface area (Å²) in [6, 6.07) is 15.1. The van der Waals surface area contributed by atoms with Gasteiger partial charge < -0.3 is 14.8 Å². The molecule has 1 fully saturated rings. The highest BCUT2D eigenvalue weighted by Crippen LogP contribution is 2.30. The van der Waals surface area contributed by atoms with Gasteiger partial charge in [-0.25, -0.2) is 0 Å². The maximum absolute atomic E-state index is 12.4. The Bertz CT molecular complexity index is 832. The summed E-state index contributed by atoms with van der Waals surface area (Å²) in [7, 11) is 1.35. The van der Waals surface area contributed by atoms with Gasteiger partial charge in [-0.3, -0.25) is 9.69 Å². The number of benzene rings is 2. The Morgan fingerprint density at radius 1 is 1.20 bits per heavy atom. The summed E-state index contributed by atoms with van der Waals surface area (Å²) in [5.74, 6) is 0.274. The van der Waals surface area contributed by atoms with E-state index in [-0.39, 0.29) is 17.4 Å². The molecule has 30 heavy (non-hydrogen) atoms. The fraction of sp³-hybridized carbons (Fsp3) is 0.435. The SMILES string of the molecule is COc1cc(C(=O)NCC[C@@H]2C[C@H](C)N(Cc3ccccc3)C2)ccc1OC(F)F. The minimum absolute atomic E-state index is 0.0949. The van der Waals surface area contributed by atoms with Crippen molar-refractivity contribution in [3.05, 3.63) is 59.7 Å². The molecule has 7 heteroatoms. The highest BCUT2D eigenvalue weighted by molar-refractivity contribution is 5.94. The molecule has 0 aromatic heterocycles. The van der Waals surface area contributed by atoms with Crippen LogP contribution in [0.3, 0.4) is 0 Å². The van der Waals surface area contributed by atoms with Gasteiger partial charge in [0.1, 0.15) is 0 Å². The summed E-state index contributed by atoms with van der Waals surface area (Å²) in [5, 5.41) is 2.91. The first kappa shape index (κ1) is 22.0. The molecule has 5 nitrogen and oxygen atoms in total. The van der Waals surface area contributed by atoms with Crippen molar-refractivity contribution in [2.45, 2.75) is 39.0 Å². The monoisotopic (exact) mass is 418 g/mol. The summed E-state index contributed by atoms with van der Waals surface area (Å²) in [5.41, 5.74) is 1.66. The third kappa shape index (κ3) is 5.92. The standard InChI is InChI=1S/C23H28F2N2O3/c1-16-12-18(15-27(16)14-17-6-4-3-5-7-17)10-11-26-22(28)19-8-9-20(30-23(24)25)21(13-19)29-2/h3-9,13,16,18,23H,10-12,14-15H2,1-2H3,(H,26,28)/t16-,18+/m0/s1. The van der Waals surface area contributed by atoms with E-state index in [2.05, 4.69) is 46.1 Å². The lowest BCUT2D eigenvalue weighted by molar-refractivity contribution is -0.0512. The van der Waals surface area contributed by atoms with Gasteiger partial charge in [0.2, 0.25) is 0 Å². The van der Waals surface area contributed by atoms with Gasteiger partial charge >= 0.3 is 6.61 Å². The second-order valence-corrected chi connectivity index (χ2v) is 7.65. The van der Waals surface area contributed by atoms with Gasteiger partial charge in [-0.1, -0.05) is 30.3 Å². The number of carbonyl (C=O) groups excluding carboxylic acids is 1. The van der Waals surface area contributed by atoms with Gasteiger partial charge in [0.05, 0.1) is 7.11 Å². The van der Waals surface area contributed by atoms with Crippen LogP contribution in [0.2, 0.25) is 0 Å². The lowest BCUT2D eigenvalue weighted by Crippen LogP contribution is -2.28. The first-order valence-corrected chi connectivity index (χ1v) is 10.1. The molecule has 1 N–H and O–H groups in total. The number of amides is 1. The predicted octanol–water partition coefficient (Wildman–Crippen LogP) is 4.33. The highest BCUT2D eigenvalue weighted by atomic mass is 19.3. The number of alkyl halides is 2. The van der Waals surface area contributed by atoms with Crippen molar-refractivity contribution in [1.29, 1.82) is 0 Å². The van der Waals surface area contributed by atoms with Gasteiger partial charge in [0, 0.05) is 31.2 Å². The van der Waals surface area contributed by atoms with Crippen molar-refractivity contribution in [3.8, 4) is 11.5 Å². The second-order valence-electron chi connectivity index (χ2n) is 7.65. The van der Waals surface area contributed by atoms with Crippen LogP contribution in [-0.2, 0) is 6.54 Å². The van der Waals surface area contributed by atoms with Gasteiger partial charge in [0.25, 0.3) is 5.91 Å². The molecule has 1 amide bonds. The Kier molecular flexibility index (Phi) is 7.63. The van der Waals surface area contributed by atoms with Crippen molar-refractivity contribution in [1.82, 2.24) is 10.2 Å². The molecular formula is C23H28F2N2O3. The minimum Gasteiger partial charge on any atom is -0.493 e. The van der Waals surface area contributed by atoms with Crippen molar-refractivity contribution in [2.24, 2.45) is 5.92 Å². The van der Waals surface area contributed by atoms with Crippen LogP contribution >= 0.6 is 0 Å². The van der Waals surface area contributed by atoms with Gasteiger partial charge in [-0.15, -0.1) is 0 Å². The molecule has 0 saturated carbocycles. The third-order valence-corrected chi connectivity index (χ3v) is 5.50. The van der Waals surface area contributed by atoms with E-state index >= 15 is 0 Å². The number of ether oxygens (including phenoxy) is 2. The van der Waals surface area contributed by atoms with Crippen molar-refractivity contribution in [3.63, 3.8) is 0 Å². The molecular weight excluding hydrogens is 390 g/mol. The average molecular weight is 418 g/mol. The zero-order valence-corrected chi connectivity index (χ0v) is 17.3. The number of likely N-dealkylation sites (tertiary alicyclic amines) is 1. The van der Waals surface area contributed by atoms with Crippen molar-refractivity contribution in [2.75, 3.05) is 20.2 Å². The van der Waals surface area contributed by atoms with E-state index in [0.717, 1.165) is 25.9 Å². The number of hydrogen-bond acceptors (Lipinski definition) is 4. The fourth-order valence-electron chi connectivity index (χ4n) is 3.96. The van der Waals surface area contributed by atoms with E-state index in [1.807, 2.05) is 6.07 Å². The molecule has 0 bridgehead atoms. The Morgan fingerprint density at radius 2 is 1.97 bits per heavy atom. The first-order chi connectivity index (χ1) is 14.5. The van der Waals surface area contributed by atoms with Crippen LogP contribution in [0.1, 0.15) is 35.7 Å². The van der Waals surface area contributed by atoms with Crippen LogP contribution in [0.5, 0.6) is 11.5 Å². The Morgan fingerprint density at radius 3 is 2.67 bits per heavy atom. The van der Waals surface area contributed by atoms with Crippen LogP contribution in [0, 0.1) is 5.92 Å². The normalized spacial score (nSPS) is 19.1. The molecule has 2 atom stereocenters. The third-order valence-electron chi connectivity index (χ3n) is 5.50. The van der Waals surface area contributed by atoms with E-state index in [9.17, 15) is 13.6 Å². The van der Waals surface area contributed by atoms with E-state index in [1.54, 1.807) is 0 Å². The summed E-state index contributed by atoms with van der Waals surface area (Å²) in [4.78, 5) is 14.9. The molecule has 0 spiro atoms. The summed E-state index contributed by atoms with van der Waals surface area (Å²) in [6.07, 6.45) is 2.00. The number of nitrogens with one attached hydrogen (secondary N) is 1. The molecule has 0 unspecified atom stereocenters. The topological polar surface area (TPSA) is 50.8 Å². The predicted molar refractivity (Wildman–Crippen MR) is 111 cm³/mol.